The number of benzene rings is 2. The maximum atomic E-state index is 12.0. The quantitative estimate of drug-likeness (QED) is 0.224. The van der Waals surface area contributed by atoms with E-state index in [-0.39, 0.29) is 10.5 Å². The SMILES string of the molecule is [N-]=[N+]=Nc1ccc(C=CC(=O)c2cccc(S(=O)(=O)O)c2)cc1. The number of hydrogen-bond acceptors (Lipinski definition) is 4. The van der Waals surface area contributed by atoms with E-state index >= 15 is 0 Å². The Labute approximate surface area is 132 Å². The van der Waals surface area contributed by atoms with E-state index in [2.05, 4.69) is 10.0 Å². The summed E-state index contributed by atoms with van der Waals surface area (Å²) >= 11 is 0. The molecule has 0 amide bonds. The molecule has 0 unspecified atom stereocenters. The van der Waals surface area contributed by atoms with Gasteiger partial charge < -0.3 is 0 Å². The molecule has 23 heavy (non-hydrogen) atoms. The maximum Gasteiger partial charge on any atom is 0.294 e. The Morgan fingerprint density at radius 1 is 1.17 bits per heavy atom. The molecular formula is C15H11N3O4S. The van der Waals surface area contributed by atoms with Crippen molar-refractivity contribution in [1.82, 2.24) is 0 Å². The third-order valence-electron chi connectivity index (χ3n) is 2.90. The average Bonchev–Trinajstić information content (AvgIpc) is 2.53. The first-order valence-corrected chi connectivity index (χ1v) is 7.79. The van der Waals surface area contributed by atoms with Gasteiger partial charge in [-0.05, 0) is 29.3 Å². The molecule has 0 spiro atoms. The van der Waals surface area contributed by atoms with Crippen molar-refractivity contribution in [2.24, 2.45) is 5.11 Å². The Hall–Kier alpha value is -2.93. The van der Waals surface area contributed by atoms with Crippen molar-refractivity contribution in [3.63, 3.8) is 0 Å². The third-order valence-corrected chi connectivity index (χ3v) is 3.75. The van der Waals surface area contributed by atoms with Crippen LogP contribution in [-0.2, 0) is 10.1 Å². The Kier molecular flexibility index (Phi) is 4.92. The first-order valence-electron chi connectivity index (χ1n) is 6.35. The predicted octanol–water partition coefficient (Wildman–Crippen LogP) is 3.77. The zero-order valence-electron chi connectivity index (χ0n) is 11.7. The topological polar surface area (TPSA) is 120 Å². The fourth-order valence-corrected chi connectivity index (χ4v) is 2.31. The number of allylic oxidation sites excluding steroid dienone is 1. The molecular weight excluding hydrogens is 318 g/mol. The molecule has 0 atom stereocenters. The van der Waals surface area contributed by atoms with Crippen molar-refractivity contribution in [2.75, 3.05) is 0 Å². The lowest BCUT2D eigenvalue weighted by Gasteiger charge is -2.00. The molecule has 1 N–H and O–H groups in total. The third kappa shape index (κ3) is 4.52. The average molecular weight is 329 g/mol. The highest BCUT2D eigenvalue weighted by atomic mass is 32.2. The van der Waals surface area contributed by atoms with Crippen LogP contribution in [0.1, 0.15) is 15.9 Å². The zero-order chi connectivity index (χ0) is 16.9. The maximum absolute atomic E-state index is 12.0. The number of azide groups is 1. The molecule has 7 nitrogen and oxygen atoms in total. The summed E-state index contributed by atoms with van der Waals surface area (Å²) in [6.45, 7) is 0. The Morgan fingerprint density at radius 3 is 2.48 bits per heavy atom. The van der Waals surface area contributed by atoms with Crippen LogP contribution in [-0.4, -0.2) is 18.8 Å². The van der Waals surface area contributed by atoms with Crippen LogP contribution < -0.4 is 0 Å². The molecule has 0 saturated heterocycles. The smallest absolute Gasteiger partial charge is 0.289 e. The van der Waals surface area contributed by atoms with Crippen molar-refractivity contribution in [3.8, 4) is 0 Å². The summed E-state index contributed by atoms with van der Waals surface area (Å²) in [5.41, 5.74) is 9.62. The van der Waals surface area contributed by atoms with Gasteiger partial charge in [-0.15, -0.1) is 0 Å². The predicted molar refractivity (Wildman–Crippen MR) is 84.9 cm³/mol. The van der Waals surface area contributed by atoms with Crippen molar-refractivity contribution in [2.45, 2.75) is 4.90 Å². The van der Waals surface area contributed by atoms with Crippen LogP contribution in [0, 0.1) is 0 Å². The second kappa shape index (κ2) is 6.89. The van der Waals surface area contributed by atoms with E-state index in [1.165, 1.54) is 24.3 Å². The minimum Gasteiger partial charge on any atom is -0.289 e. The molecule has 8 heteroatoms. The van der Waals surface area contributed by atoms with Gasteiger partial charge in [0.05, 0.1) is 4.90 Å². The van der Waals surface area contributed by atoms with Gasteiger partial charge in [0.15, 0.2) is 5.78 Å². The Balaban J connectivity index is 2.20. The molecule has 0 heterocycles. The lowest BCUT2D eigenvalue weighted by atomic mass is 10.1. The van der Waals surface area contributed by atoms with Crippen molar-refractivity contribution >= 4 is 27.7 Å². The molecule has 0 aromatic heterocycles. The fraction of sp³-hybridized carbons (Fsp3) is 0. The van der Waals surface area contributed by atoms with Gasteiger partial charge in [-0.1, -0.05) is 47.6 Å². The van der Waals surface area contributed by atoms with Gasteiger partial charge in [-0.25, -0.2) is 0 Å². The largest absolute Gasteiger partial charge is 0.294 e. The molecule has 0 fully saturated rings. The van der Waals surface area contributed by atoms with Crippen LogP contribution in [0.2, 0.25) is 0 Å². The zero-order valence-corrected chi connectivity index (χ0v) is 12.5. The number of rotatable bonds is 5. The molecule has 2 rings (SSSR count). The van der Waals surface area contributed by atoms with E-state index in [0.29, 0.717) is 11.3 Å². The standard InChI is InChI=1S/C15H11N3O4S/c16-18-17-13-7-4-11(5-8-13)6-9-15(19)12-2-1-3-14(10-12)23(20,21)22/h1-10H,(H,20,21,22). The van der Waals surface area contributed by atoms with Crippen molar-refractivity contribution in [1.29, 1.82) is 0 Å². The Bertz CT molecular complexity index is 912. The highest BCUT2D eigenvalue weighted by Gasteiger charge is 2.11. The van der Waals surface area contributed by atoms with Crippen LogP contribution in [0.25, 0.3) is 16.5 Å². The highest BCUT2D eigenvalue weighted by molar-refractivity contribution is 7.85. The normalized spacial score (nSPS) is 11.2. The minimum atomic E-state index is -4.35. The van der Waals surface area contributed by atoms with Gasteiger partial charge in [-0.2, -0.15) is 8.42 Å². The molecule has 0 saturated carbocycles. The number of nitrogens with zero attached hydrogens (tertiary/aromatic N) is 3. The van der Waals surface area contributed by atoms with Gasteiger partial charge in [0.2, 0.25) is 0 Å². The molecule has 2 aromatic rings. The number of ketones is 1. The lowest BCUT2D eigenvalue weighted by Crippen LogP contribution is -2.01. The van der Waals surface area contributed by atoms with E-state index in [1.54, 1.807) is 30.3 Å². The van der Waals surface area contributed by atoms with Crippen LogP contribution in [0.15, 0.2) is 64.6 Å². The van der Waals surface area contributed by atoms with E-state index in [4.69, 9.17) is 10.1 Å². The van der Waals surface area contributed by atoms with Gasteiger partial charge >= 0.3 is 0 Å². The minimum absolute atomic E-state index is 0.141. The highest BCUT2D eigenvalue weighted by Crippen LogP contribution is 2.15. The summed E-state index contributed by atoms with van der Waals surface area (Å²) in [6, 6.07) is 11.7. The number of carbonyl (C=O) groups is 1. The summed E-state index contributed by atoms with van der Waals surface area (Å²) in [4.78, 5) is 14.4. The molecule has 0 bridgehead atoms. The molecule has 0 aliphatic heterocycles. The van der Waals surface area contributed by atoms with Crippen LogP contribution in [0.4, 0.5) is 5.69 Å². The summed E-state index contributed by atoms with van der Waals surface area (Å²) in [5, 5.41) is 3.43. The number of carbonyl (C=O) groups excluding carboxylic acids is 1. The molecule has 2 aromatic carbocycles. The molecule has 0 aliphatic carbocycles. The van der Waals surface area contributed by atoms with Gasteiger partial charge in [0.1, 0.15) is 0 Å². The number of hydrogen-bond donors (Lipinski definition) is 1. The van der Waals surface area contributed by atoms with Gasteiger partial charge in [-0.3, -0.25) is 9.35 Å². The monoisotopic (exact) mass is 329 g/mol. The summed E-state index contributed by atoms with van der Waals surface area (Å²) in [6.07, 6.45) is 2.83. The van der Waals surface area contributed by atoms with E-state index in [9.17, 15) is 13.2 Å². The van der Waals surface area contributed by atoms with Gasteiger partial charge in [0, 0.05) is 16.2 Å². The van der Waals surface area contributed by atoms with E-state index < -0.39 is 15.9 Å². The van der Waals surface area contributed by atoms with Crippen molar-refractivity contribution in [3.05, 3.63) is 76.2 Å². The summed E-state index contributed by atoms with van der Waals surface area (Å²) < 4.78 is 31.1. The first kappa shape index (κ1) is 16.4. The summed E-state index contributed by atoms with van der Waals surface area (Å²) in [5.74, 6) is -0.408. The molecule has 0 aliphatic rings. The van der Waals surface area contributed by atoms with E-state index in [1.807, 2.05) is 0 Å². The van der Waals surface area contributed by atoms with Crippen LogP contribution in [0.3, 0.4) is 0 Å². The second-order valence-corrected chi connectivity index (χ2v) is 5.90. The Morgan fingerprint density at radius 2 is 1.87 bits per heavy atom. The molecule has 0 radical (unpaired) electrons. The van der Waals surface area contributed by atoms with Gasteiger partial charge in [0.25, 0.3) is 10.1 Å². The van der Waals surface area contributed by atoms with Crippen molar-refractivity contribution < 1.29 is 17.8 Å². The van der Waals surface area contributed by atoms with E-state index in [0.717, 1.165) is 6.07 Å². The van der Waals surface area contributed by atoms with Crippen LogP contribution >= 0.6 is 0 Å². The van der Waals surface area contributed by atoms with Crippen LogP contribution in [0.5, 0.6) is 0 Å². The fourth-order valence-electron chi connectivity index (χ4n) is 1.78. The lowest BCUT2D eigenvalue weighted by molar-refractivity contribution is 0.104. The molecule has 116 valence electrons. The first-order chi connectivity index (χ1) is 10.9. The summed E-state index contributed by atoms with van der Waals surface area (Å²) in [7, 11) is -4.35. The second-order valence-electron chi connectivity index (χ2n) is 4.48.